The van der Waals surface area contributed by atoms with Crippen LogP contribution in [0.5, 0.6) is 5.75 Å². The van der Waals surface area contributed by atoms with Crippen LogP contribution >= 0.6 is 11.3 Å². The number of H-pyrrole nitrogens is 1. The smallest absolute Gasteiger partial charge is 0.358 e. The first-order chi connectivity index (χ1) is 14.2. The first-order valence-electron chi connectivity index (χ1n) is 8.33. The summed E-state index contributed by atoms with van der Waals surface area (Å²) in [6.45, 7) is 1.40. The predicted molar refractivity (Wildman–Crippen MR) is 104 cm³/mol. The molecule has 3 aromatic rings. The zero-order valence-electron chi connectivity index (χ0n) is 15.2. The van der Waals surface area contributed by atoms with Crippen molar-refractivity contribution in [3.63, 3.8) is 0 Å². The van der Waals surface area contributed by atoms with E-state index in [-0.39, 0.29) is 22.6 Å². The molecule has 1 atom stereocenters. The molecular formula is C18H14F2N4O5S. The number of benzene rings is 1. The topological polar surface area (TPSA) is 144 Å². The third kappa shape index (κ3) is 4.12. The van der Waals surface area contributed by atoms with Gasteiger partial charge >= 0.3 is 12.0 Å². The molecule has 0 saturated heterocycles. The maximum absolute atomic E-state index is 13.9. The molecule has 1 aromatic carbocycles. The summed E-state index contributed by atoms with van der Waals surface area (Å²) in [5.74, 6) is -4.48. The Labute approximate surface area is 171 Å². The van der Waals surface area contributed by atoms with Crippen LogP contribution in [0.1, 0.15) is 29.0 Å². The molecule has 0 aliphatic carbocycles. The lowest BCUT2D eigenvalue weighted by molar-refractivity contribution is 0.0686. The van der Waals surface area contributed by atoms with Crippen LogP contribution in [-0.4, -0.2) is 32.2 Å². The van der Waals surface area contributed by atoms with Gasteiger partial charge in [-0.15, -0.1) is 11.3 Å². The van der Waals surface area contributed by atoms with Crippen LogP contribution < -0.4 is 16.2 Å². The molecule has 0 bridgehead atoms. The number of carbonyl (C=O) groups is 2. The number of carboxylic acid groups (broad SMARTS) is 1. The standard InChI is InChI=1S/C18H14F2N4O5S/c1-7(12-9(19)3-2-4-10(12)20)21-18(29)22-11-6-30-5-8(11)15-23-13(17(27)28)14(25)16(26)24-15/h2-7,25H,1H3,(H,27,28)(H2,21,22,29)(H,23,24,26). The van der Waals surface area contributed by atoms with Gasteiger partial charge in [-0.1, -0.05) is 6.07 Å². The van der Waals surface area contributed by atoms with E-state index in [1.807, 2.05) is 0 Å². The lowest BCUT2D eigenvalue weighted by Gasteiger charge is -2.16. The number of thiophene rings is 1. The Bertz CT molecular complexity index is 1170. The Morgan fingerprint density at radius 3 is 2.53 bits per heavy atom. The van der Waals surface area contributed by atoms with Gasteiger partial charge in [-0.3, -0.25) is 4.79 Å². The van der Waals surface area contributed by atoms with E-state index in [2.05, 4.69) is 20.6 Å². The van der Waals surface area contributed by atoms with Gasteiger partial charge in [0.1, 0.15) is 17.5 Å². The van der Waals surface area contributed by atoms with E-state index in [1.165, 1.54) is 23.8 Å². The number of aromatic carboxylic acids is 1. The van der Waals surface area contributed by atoms with Crippen LogP contribution in [0.25, 0.3) is 11.4 Å². The quantitative estimate of drug-likeness (QED) is 0.416. The van der Waals surface area contributed by atoms with Crippen LogP contribution in [0.15, 0.2) is 33.8 Å². The summed E-state index contributed by atoms with van der Waals surface area (Å²) in [5, 5.41) is 26.4. The Morgan fingerprint density at radius 2 is 1.90 bits per heavy atom. The van der Waals surface area contributed by atoms with Crippen molar-refractivity contribution in [2.75, 3.05) is 5.32 Å². The van der Waals surface area contributed by atoms with Gasteiger partial charge in [-0.2, -0.15) is 0 Å². The Morgan fingerprint density at radius 1 is 1.23 bits per heavy atom. The highest BCUT2D eigenvalue weighted by molar-refractivity contribution is 7.08. The fourth-order valence-electron chi connectivity index (χ4n) is 2.67. The summed E-state index contributed by atoms with van der Waals surface area (Å²) in [6.07, 6.45) is 0. The van der Waals surface area contributed by atoms with Crippen molar-refractivity contribution in [2.45, 2.75) is 13.0 Å². The first kappa shape index (κ1) is 20.9. The number of halogens is 2. The SMILES string of the molecule is CC(NC(=O)Nc1cscc1-c1nc(C(=O)O)c(O)c(=O)[nH]1)c1c(F)cccc1F. The van der Waals surface area contributed by atoms with Gasteiger partial charge in [0.2, 0.25) is 5.75 Å². The number of nitrogens with zero attached hydrogens (tertiary/aromatic N) is 1. The van der Waals surface area contributed by atoms with Crippen LogP contribution in [-0.2, 0) is 0 Å². The molecule has 9 nitrogen and oxygen atoms in total. The number of nitrogens with one attached hydrogen (secondary N) is 3. The maximum Gasteiger partial charge on any atom is 0.358 e. The largest absolute Gasteiger partial charge is 0.501 e. The molecule has 156 valence electrons. The molecule has 3 rings (SSSR count). The second-order valence-electron chi connectivity index (χ2n) is 6.07. The molecule has 30 heavy (non-hydrogen) atoms. The van der Waals surface area contributed by atoms with Crippen molar-refractivity contribution < 1.29 is 28.6 Å². The number of hydrogen-bond acceptors (Lipinski definition) is 6. The Hall–Kier alpha value is -3.80. The molecule has 2 aromatic heterocycles. The number of aromatic amines is 1. The van der Waals surface area contributed by atoms with Gasteiger partial charge in [-0.05, 0) is 19.1 Å². The monoisotopic (exact) mass is 436 g/mol. The average molecular weight is 436 g/mol. The van der Waals surface area contributed by atoms with Crippen molar-refractivity contribution in [1.82, 2.24) is 15.3 Å². The van der Waals surface area contributed by atoms with E-state index in [4.69, 9.17) is 5.11 Å². The fraction of sp³-hybridized carbons (Fsp3) is 0.111. The third-order valence-electron chi connectivity index (χ3n) is 4.04. The minimum Gasteiger partial charge on any atom is -0.501 e. The second kappa shape index (κ2) is 8.29. The van der Waals surface area contributed by atoms with Crippen LogP contribution in [0.3, 0.4) is 0 Å². The Balaban J connectivity index is 1.84. The first-order valence-corrected chi connectivity index (χ1v) is 9.28. The van der Waals surface area contributed by atoms with Crippen LogP contribution in [0.4, 0.5) is 19.3 Å². The van der Waals surface area contributed by atoms with Gasteiger partial charge < -0.3 is 25.8 Å². The van der Waals surface area contributed by atoms with Crippen molar-refractivity contribution in [2.24, 2.45) is 0 Å². The molecule has 5 N–H and O–H groups in total. The minimum atomic E-state index is -1.61. The lowest BCUT2D eigenvalue weighted by Crippen LogP contribution is -2.32. The van der Waals surface area contributed by atoms with E-state index in [1.54, 1.807) is 0 Å². The molecule has 1 unspecified atom stereocenters. The molecule has 0 aliphatic heterocycles. The summed E-state index contributed by atoms with van der Waals surface area (Å²) in [4.78, 5) is 41.2. The summed E-state index contributed by atoms with van der Waals surface area (Å²) >= 11 is 1.11. The molecule has 0 aliphatic rings. The van der Waals surface area contributed by atoms with Gasteiger partial charge in [0.25, 0.3) is 5.56 Å². The van der Waals surface area contributed by atoms with Crippen molar-refractivity contribution in [1.29, 1.82) is 0 Å². The van der Waals surface area contributed by atoms with Gasteiger partial charge in [0.05, 0.1) is 17.3 Å². The van der Waals surface area contributed by atoms with Crippen molar-refractivity contribution >= 4 is 29.0 Å². The van der Waals surface area contributed by atoms with Gasteiger partial charge in [0, 0.05) is 16.3 Å². The molecular weight excluding hydrogens is 422 g/mol. The summed E-state index contributed by atoms with van der Waals surface area (Å²) in [7, 11) is 0. The van der Waals surface area contributed by atoms with E-state index < -0.39 is 46.7 Å². The van der Waals surface area contributed by atoms with Crippen LogP contribution in [0.2, 0.25) is 0 Å². The second-order valence-corrected chi connectivity index (χ2v) is 6.82. The molecule has 0 saturated carbocycles. The molecule has 0 radical (unpaired) electrons. The number of urea groups is 1. The predicted octanol–water partition coefficient (Wildman–Crippen LogP) is 3.06. The third-order valence-corrected chi connectivity index (χ3v) is 4.79. The van der Waals surface area contributed by atoms with E-state index in [0.29, 0.717) is 0 Å². The van der Waals surface area contributed by atoms with E-state index >= 15 is 0 Å². The number of rotatable bonds is 5. The lowest BCUT2D eigenvalue weighted by atomic mass is 10.1. The highest BCUT2D eigenvalue weighted by Gasteiger charge is 2.21. The molecule has 0 fully saturated rings. The highest BCUT2D eigenvalue weighted by Crippen LogP contribution is 2.30. The Kier molecular flexibility index (Phi) is 5.78. The molecule has 0 spiro atoms. The van der Waals surface area contributed by atoms with Gasteiger partial charge in [-0.25, -0.2) is 23.4 Å². The number of hydrogen-bond donors (Lipinski definition) is 5. The zero-order chi connectivity index (χ0) is 22.0. The fourth-order valence-corrected chi connectivity index (χ4v) is 3.44. The van der Waals surface area contributed by atoms with E-state index in [0.717, 1.165) is 23.5 Å². The number of aromatic hydroxyl groups is 1. The summed E-state index contributed by atoms with van der Waals surface area (Å²) < 4.78 is 27.7. The minimum absolute atomic E-state index is 0.156. The highest BCUT2D eigenvalue weighted by atomic mass is 32.1. The maximum atomic E-state index is 13.9. The normalized spacial score (nSPS) is 11.7. The summed E-state index contributed by atoms with van der Waals surface area (Å²) in [5.41, 5.74) is -1.89. The average Bonchev–Trinajstić information content (AvgIpc) is 3.11. The zero-order valence-corrected chi connectivity index (χ0v) is 16.0. The number of amides is 2. The van der Waals surface area contributed by atoms with Crippen LogP contribution in [0, 0.1) is 11.6 Å². The number of carbonyl (C=O) groups excluding carboxylic acids is 1. The van der Waals surface area contributed by atoms with E-state index in [9.17, 15) is 28.3 Å². The number of aromatic nitrogens is 2. The van der Waals surface area contributed by atoms with Crippen molar-refractivity contribution in [3.05, 3.63) is 62.2 Å². The number of carboxylic acids is 1. The summed E-state index contributed by atoms with van der Waals surface area (Å²) in [6, 6.07) is 1.54. The molecule has 12 heteroatoms. The molecule has 2 heterocycles. The van der Waals surface area contributed by atoms with Crippen molar-refractivity contribution in [3.8, 4) is 17.1 Å². The number of anilines is 1. The van der Waals surface area contributed by atoms with Gasteiger partial charge in [0.15, 0.2) is 5.69 Å². The molecule has 2 amide bonds.